The van der Waals surface area contributed by atoms with Gasteiger partial charge >= 0.3 is 5.97 Å². The first-order valence-electron chi connectivity index (χ1n) is 5.26. The van der Waals surface area contributed by atoms with Crippen LogP contribution in [0.1, 0.15) is 12.0 Å². The van der Waals surface area contributed by atoms with Crippen LogP contribution in [0.5, 0.6) is 0 Å². The van der Waals surface area contributed by atoms with Crippen molar-refractivity contribution < 1.29 is 9.90 Å². The highest BCUT2D eigenvalue weighted by molar-refractivity contribution is 7.99. The van der Waals surface area contributed by atoms with Gasteiger partial charge in [-0.1, -0.05) is 0 Å². The molecule has 1 heterocycles. The number of nitriles is 1. The van der Waals surface area contributed by atoms with E-state index in [1.165, 1.54) is 0 Å². The molecule has 0 aromatic heterocycles. The molecule has 1 saturated heterocycles. The van der Waals surface area contributed by atoms with Crippen LogP contribution in [-0.2, 0) is 4.79 Å². The maximum absolute atomic E-state index is 11.3. The molecule has 0 saturated carbocycles. The summed E-state index contributed by atoms with van der Waals surface area (Å²) < 4.78 is 0. The summed E-state index contributed by atoms with van der Waals surface area (Å²) >= 11 is 1.64. The fraction of sp³-hybridized carbons (Fsp3) is 0.333. The fourth-order valence-electron chi connectivity index (χ4n) is 1.79. The van der Waals surface area contributed by atoms with E-state index < -0.39 is 11.5 Å². The Hall–Kier alpha value is -1.67. The highest BCUT2D eigenvalue weighted by Crippen LogP contribution is 2.31. The van der Waals surface area contributed by atoms with Gasteiger partial charge in [0.1, 0.15) is 5.54 Å². The Morgan fingerprint density at radius 2 is 2.18 bits per heavy atom. The number of hydrogen-bond acceptors (Lipinski definition) is 4. The first-order valence-corrected chi connectivity index (χ1v) is 6.41. The van der Waals surface area contributed by atoms with Crippen molar-refractivity contribution in [2.24, 2.45) is 0 Å². The quantitative estimate of drug-likeness (QED) is 0.855. The average molecular weight is 248 g/mol. The molecule has 0 spiro atoms. The van der Waals surface area contributed by atoms with E-state index in [1.807, 2.05) is 6.07 Å². The van der Waals surface area contributed by atoms with Gasteiger partial charge in [-0.25, -0.2) is 4.79 Å². The van der Waals surface area contributed by atoms with Crippen LogP contribution in [0.4, 0.5) is 5.69 Å². The van der Waals surface area contributed by atoms with E-state index in [0.717, 1.165) is 11.4 Å². The van der Waals surface area contributed by atoms with Crippen molar-refractivity contribution >= 4 is 23.4 Å². The Morgan fingerprint density at radius 3 is 2.65 bits per heavy atom. The third kappa shape index (κ3) is 2.37. The summed E-state index contributed by atoms with van der Waals surface area (Å²) in [5.41, 5.74) is 0.452. The largest absolute Gasteiger partial charge is 0.479 e. The molecule has 1 atom stereocenters. The topological polar surface area (TPSA) is 73.1 Å². The zero-order valence-electron chi connectivity index (χ0n) is 9.14. The first kappa shape index (κ1) is 11.8. The summed E-state index contributed by atoms with van der Waals surface area (Å²) in [6.07, 6.45) is 0.618. The molecule has 0 amide bonds. The Morgan fingerprint density at radius 1 is 1.47 bits per heavy atom. The molecule has 0 bridgehead atoms. The SMILES string of the molecule is N#Cc1ccc(NC2(C(=O)O)CCSC2)cc1. The Bertz CT molecular complexity index is 458. The van der Waals surface area contributed by atoms with Crippen LogP contribution in [-0.4, -0.2) is 28.1 Å². The van der Waals surface area contributed by atoms with Gasteiger partial charge in [-0.15, -0.1) is 0 Å². The number of aliphatic carboxylic acids is 1. The highest BCUT2D eigenvalue weighted by atomic mass is 32.2. The molecule has 1 unspecified atom stereocenters. The van der Waals surface area contributed by atoms with Gasteiger partial charge in [0.05, 0.1) is 11.6 Å². The van der Waals surface area contributed by atoms with Crippen LogP contribution in [0.3, 0.4) is 0 Å². The third-order valence-electron chi connectivity index (χ3n) is 2.83. The molecule has 0 aliphatic carbocycles. The minimum atomic E-state index is -0.862. The van der Waals surface area contributed by atoms with Crippen molar-refractivity contribution in [3.63, 3.8) is 0 Å². The molecular weight excluding hydrogens is 236 g/mol. The van der Waals surface area contributed by atoms with Gasteiger partial charge < -0.3 is 10.4 Å². The van der Waals surface area contributed by atoms with E-state index >= 15 is 0 Å². The monoisotopic (exact) mass is 248 g/mol. The Balaban J connectivity index is 2.18. The number of carboxylic acids is 1. The third-order valence-corrected chi connectivity index (χ3v) is 4.02. The molecule has 17 heavy (non-hydrogen) atoms. The lowest BCUT2D eigenvalue weighted by Crippen LogP contribution is -2.46. The summed E-state index contributed by atoms with van der Waals surface area (Å²) in [6, 6.07) is 8.88. The normalized spacial score (nSPS) is 23.0. The zero-order chi connectivity index (χ0) is 12.3. The summed E-state index contributed by atoms with van der Waals surface area (Å²) in [4.78, 5) is 11.3. The number of nitrogens with one attached hydrogen (secondary N) is 1. The lowest BCUT2D eigenvalue weighted by molar-refractivity contribution is -0.141. The number of hydrogen-bond donors (Lipinski definition) is 2. The van der Waals surface area contributed by atoms with Gasteiger partial charge in [0.2, 0.25) is 0 Å². The second kappa shape index (κ2) is 4.68. The smallest absolute Gasteiger partial charge is 0.330 e. The number of thioether (sulfide) groups is 1. The van der Waals surface area contributed by atoms with Crippen LogP contribution < -0.4 is 5.32 Å². The summed E-state index contributed by atoms with van der Waals surface area (Å²) in [5, 5.41) is 21.1. The van der Waals surface area contributed by atoms with Gasteiger partial charge in [-0.3, -0.25) is 0 Å². The lowest BCUT2D eigenvalue weighted by atomic mass is 9.98. The predicted octanol–water partition coefficient (Wildman–Crippen LogP) is 1.93. The van der Waals surface area contributed by atoms with Crippen LogP contribution in [0.15, 0.2) is 24.3 Å². The van der Waals surface area contributed by atoms with E-state index in [9.17, 15) is 9.90 Å². The molecule has 1 aromatic rings. The van der Waals surface area contributed by atoms with Crippen molar-refractivity contribution in [1.29, 1.82) is 5.26 Å². The number of nitrogens with zero attached hydrogens (tertiary/aromatic N) is 1. The molecular formula is C12H12N2O2S. The van der Waals surface area contributed by atoms with Crippen LogP contribution in [0.25, 0.3) is 0 Å². The minimum Gasteiger partial charge on any atom is -0.479 e. The summed E-state index contributed by atoms with van der Waals surface area (Å²) in [5.74, 6) is 0.615. The Labute approximate surface area is 104 Å². The van der Waals surface area contributed by atoms with Crippen molar-refractivity contribution in [1.82, 2.24) is 0 Å². The minimum absolute atomic E-state index is 0.570. The molecule has 88 valence electrons. The second-order valence-corrected chi connectivity index (χ2v) is 5.11. The van der Waals surface area contributed by atoms with Gasteiger partial charge in [0.15, 0.2) is 0 Å². The average Bonchev–Trinajstić information content (AvgIpc) is 2.80. The molecule has 1 fully saturated rings. The van der Waals surface area contributed by atoms with Crippen molar-refractivity contribution in [3.8, 4) is 6.07 Å². The lowest BCUT2D eigenvalue weighted by Gasteiger charge is -2.25. The molecule has 5 heteroatoms. The van der Waals surface area contributed by atoms with Gasteiger partial charge in [0, 0.05) is 11.4 Å². The van der Waals surface area contributed by atoms with Gasteiger partial charge in [-0.2, -0.15) is 17.0 Å². The molecule has 2 rings (SSSR count). The number of carboxylic acid groups (broad SMARTS) is 1. The number of anilines is 1. The van der Waals surface area contributed by atoms with E-state index in [1.54, 1.807) is 36.0 Å². The van der Waals surface area contributed by atoms with Crippen molar-refractivity contribution in [2.75, 3.05) is 16.8 Å². The maximum Gasteiger partial charge on any atom is 0.330 e. The van der Waals surface area contributed by atoms with E-state index in [4.69, 9.17) is 5.26 Å². The number of carbonyl (C=O) groups is 1. The molecule has 1 aromatic carbocycles. The second-order valence-electron chi connectivity index (χ2n) is 4.00. The van der Waals surface area contributed by atoms with Gasteiger partial charge in [-0.05, 0) is 36.4 Å². The first-order chi connectivity index (χ1) is 8.16. The maximum atomic E-state index is 11.3. The molecule has 1 aliphatic heterocycles. The summed E-state index contributed by atoms with van der Waals surface area (Å²) in [6.45, 7) is 0. The zero-order valence-corrected chi connectivity index (χ0v) is 9.96. The van der Waals surface area contributed by atoms with E-state index in [0.29, 0.717) is 17.7 Å². The number of rotatable bonds is 3. The van der Waals surface area contributed by atoms with Gasteiger partial charge in [0.25, 0.3) is 0 Å². The fourth-order valence-corrected chi connectivity index (χ4v) is 3.12. The van der Waals surface area contributed by atoms with Crippen LogP contribution >= 0.6 is 11.8 Å². The molecule has 1 aliphatic rings. The Kier molecular flexibility index (Phi) is 3.25. The van der Waals surface area contributed by atoms with Crippen LogP contribution in [0.2, 0.25) is 0 Å². The molecule has 4 nitrogen and oxygen atoms in total. The summed E-state index contributed by atoms with van der Waals surface area (Å²) in [7, 11) is 0. The molecule has 0 radical (unpaired) electrons. The predicted molar refractivity (Wildman–Crippen MR) is 67.1 cm³/mol. The standard InChI is InChI=1S/C12H12N2O2S/c13-7-9-1-3-10(4-2-9)14-12(11(15)16)5-6-17-8-12/h1-4,14H,5-6,8H2,(H,15,16). The van der Waals surface area contributed by atoms with E-state index in [2.05, 4.69) is 5.32 Å². The van der Waals surface area contributed by atoms with Crippen molar-refractivity contribution in [3.05, 3.63) is 29.8 Å². The van der Waals surface area contributed by atoms with Crippen LogP contribution in [0, 0.1) is 11.3 Å². The van der Waals surface area contributed by atoms with E-state index in [-0.39, 0.29) is 0 Å². The highest BCUT2D eigenvalue weighted by Gasteiger charge is 2.41. The number of benzene rings is 1. The molecule has 2 N–H and O–H groups in total. The van der Waals surface area contributed by atoms with Crippen molar-refractivity contribution in [2.45, 2.75) is 12.0 Å².